The van der Waals surface area contributed by atoms with Crippen LogP contribution in [0.25, 0.3) is 0 Å². The highest BCUT2D eigenvalue weighted by molar-refractivity contribution is 7.94. The van der Waals surface area contributed by atoms with Gasteiger partial charge in [0.1, 0.15) is 22.1 Å². The second-order valence-electron chi connectivity index (χ2n) is 9.65. The Morgan fingerprint density at radius 1 is 0.829 bits per heavy atom. The number of benzene rings is 4. The first-order chi connectivity index (χ1) is 19.4. The Balaban J connectivity index is 1.60. The van der Waals surface area contributed by atoms with Gasteiger partial charge in [-0.15, -0.1) is 4.33 Å². The quantitative estimate of drug-likeness (QED) is 0.0612. The summed E-state index contributed by atoms with van der Waals surface area (Å²) in [6, 6.07) is 23.5. The van der Waals surface area contributed by atoms with E-state index in [2.05, 4.69) is 23.2 Å². The van der Waals surface area contributed by atoms with Crippen molar-refractivity contribution in [2.75, 3.05) is 7.11 Å². The average molecular weight is 597 g/mol. The van der Waals surface area contributed by atoms with Crippen molar-refractivity contribution in [1.29, 1.82) is 0 Å². The van der Waals surface area contributed by atoms with E-state index in [0.717, 1.165) is 28.5 Å². The molecule has 0 unspecified atom stereocenters. The van der Waals surface area contributed by atoms with Crippen molar-refractivity contribution in [3.8, 4) is 17.2 Å². The second kappa shape index (κ2) is 12.4. The first kappa shape index (κ1) is 30.3. The van der Waals surface area contributed by atoms with Crippen LogP contribution in [0.3, 0.4) is 0 Å². The van der Waals surface area contributed by atoms with Crippen molar-refractivity contribution in [1.82, 2.24) is 0 Å². The maximum Gasteiger partial charge on any atom is 0.298 e. The summed E-state index contributed by atoms with van der Waals surface area (Å²) in [7, 11) is -3.13. The lowest BCUT2D eigenvalue weighted by molar-refractivity contribution is -0.432. The first-order valence-corrected chi connectivity index (χ1v) is 14.5. The number of aryl methyl sites for hydroxylation is 1. The molecule has 0 bridgehead atoms. The number of rotatable bonds is 11. The summed E-state index contributed by atoms with van der Waals surface area (Å²) >= 11 is 0.702. The number of hydrogen-bond acceptors (Lipinski definition) is 9. The van der Waals surface area contributed by atoms with Crippen LogP contribution in [0, 0.1) is 6.92 Å². The summed E-state index contributed by atoms with van der Waals surface area (Å²) in [6.07, 6.45) is 0. The monoisotopic (exact) mass is 596 g/mol. The fourth-order valence-electron chi connectivity index (χ4n) is 4.23. The van der Waals surface area contributed by atoms with E-state index in [1.54, 1.807) is 38.3 Å². The molecule has 9 nitrogen and oxygen atoms in total. The summed E-state index contributed by atoms with van der Waals surface area (Å²) < 4.78 is 50.0. The summed E-state index contributed by atoms with van der Waals surface area (Å²) in [5.74, 6) is 0.466. The van der Waals surface area contributed by atoms with Crippen molar-refractivity contribution in [3.05, 3.63) is 113 Å². The highest BCUT2D eigenvalue weighted by Gasteiger charge is 2.24. The summed E-state index contributed by atoms with van der Waals surface area (Å²) in [5, 5.41) is 12.0. The van der Waals surface area contributed by atoms with Crippen molar-refractivity contribution < 1.29 is 41.9 Å². The van der Waals surface area contributed by atoms with Gasteiger partial charge in [-0.05, 0) is 72.1 Å². The van der Waals surface area contributed by atoms with Crippen LogP contribution in [0.15, 0.2) is 94.7 Å². The summed E-state index contributed by atoms with van der Waals surface area (Å²) in [5.41, 5.74) is 2.74. The zero-order chi connectivity index (χ0) is 29.8. The standard InChI is InChI=1S/C30H28O9S2/c1-19-5-6-20(17-27(19)40-39-38-32)29(31)21-7-16-26(28(18-21)41(33,34)35)37-25-14-10-23(11-15-25)30(2,3)22-8-12-24(36-4)13-9-22/h5-18,32H,1-4H3,(H,33,34,35). The molecule has 0 aliphatic rings. The van der Waals surface area contributed by atoms with E-state index in [0.29, 0.717) is 22.7 Å². The Labute approximate surface area is 242 Å². The minimum atomic E-state index is -4.75. The van der Waals surface area contributed by atoms with Gasteiger partial charge in [-0.1, -0.05) is 55.3 Å². The molecule has 0 aliphatic heterocycles. The molecule has 11 heteroatoms. The molecule has 41 heavy (non-hydrogen) atoms. The van der Waals surface area contributed by atoms with E-state index < -0.39 is 20.8 Å². The molecule has 0 radical (unpaired) electrons. The number of carbonyl (C=O) groups is 1. The maximum atomic E-state index is 13.2. The minimum absolute atomic E-state index is 0.0145. The van der Waals surface area contributed by atoms with Gasteiger partial charge in [0, 0.05) is 21.4 Å². The van der Waals surface area contributed by atoms with E-state index in [1.807, 2.05) is 36.4 Å². The van der Waals surface area contributed by atoms with E-state index in [4.69, 9.17) is 14.7 Å². The van der Waals surface area contributed by atoms with Gasteiger partial charge in [0.15, 0.2) is 5.78 Å². The molecule has 0 fully saturated rings. The lowest BCUT2D eigenvalue weighted by atomic mass is 9.78. The highest BCUT2D eigenvalue weighted by Crippen LogP contribution is 2.35. The number of methoxy groups -OCH3 is 1. The fraction of sp³-hybridized carbons (Fsp3) is 0.167. The van der Waals surface area contributed by atoms with E-state index in [-0.39, 0.29) is 22.3 Å². The minimum Gasteiger partial charge on any atom is -0.497 e. The Hall–Kier alpha value is -3.71. The van der Waals surface area contributed by atoms with Crippen molar-refractivity contribution >= 4 is 27.9 Å². The second-order valence-corrected chi connectivity index (χ2v) is 11.8. The third kappa shape index (κ3) is 6.96. The molecule has 0 saturated heterocycles. The van der Waals surface area contributed by atoms with Crippen molar-refractivity contribution in [3.63, 3.8) is 0 Å². The summed E-state index contributed by atoms with van der Waals surface area (Å²) in [4.78, 5) is 13.1. The predicted molar refractivity (Wildman–Crippen MR) is 153 cm³/mol. The van der Waals surface area contributed by atoms with E-state index in [9.17, 15) is 17.8 Å². The van der Waals surface area contributed by atoms with Crippen LogP contribution in [-0.2, 0) is 24.9 Å². The highest BCUT2D eigenvalue weighted by atomic mass is 32.2. The fourth-order valence-corrected chi connectivity index (χ4v) is 5.34. The van der Waals surface area contributed by atoms with Gasteiger partial charge in [0.25, 0.3) is 10.1 Å². The van der Waals surface area contributed by atoms with Crippen LogP contribution < -0.4 is 9.47 Å². The molecule has 0 aromatic heterocycles. The van der Waals surface area contributed by atoms with Gasteiger partial charge in [-0.2, -0.15) is 8.42 Å². The van der Waals surface area contributed by atoms with Crippen LogP contribution in [0.5, 0.6) is 17.2 Å². The third-order valence-corrected chi connectivity index (χ3v) is 8.33. The molecule has 4 aromatic carbocycles. The number of ketones is 1. The van der Waals surface area contributed by atoms with Crippen LogP contribution in [-0.4, -0.2) is 31.1 Å². The Morgan fingerprint density at radius 3 is 1.95 bits per heavy atom. The van der Waals surface area contributed by atoms with Gasteiger partial charge in [-0.25, -0.2) is 5.26 Å². The molecule has 0 atom stereocenters. The lowest BCUT2D eigenvalue weighted by Gasteiger charge is -2.26. The first-order valence-electron chi connectivity index (χ1n) is 12.3. The molecule has 4 rings (SSSR count). The topological polar surface area (TPSA) is 129 Å². The Morgan fingerprint density at radius 2 is 1.39 bits per heavy atom. The molecule has 0 amide bonds. The van der Waals surface area contributed by atoms with Gasteiger partial charge < -0.3 is 9.47 Å². The molecular formula is C30H28O9S2. The Kier molecular flexibility index (Phi) is 9.17. The molecule has 0 spiro atoms. The molecular weight excluding hydrogens is 568 g/mol. The number of hydrogen-bond donors (Lipinski definition) is 2. The molecule has 0 aliphatic carbocycles. The van der Waals surface area contributed by atoms with Gasteiger partial charge in [0.2, 0.25) is 0 Å². The zero-order valence-electron chi connectivity index (χ0n) is 22.7. The molecule has 214 valence electrons. The predicted octanol–water partition coefficient (Wildman–Crippen LogP) is 7.03. The van der Waals surface area contributed by atoms with Gasteiger partial charge in [0.05, 0.1) is 19.2 Å². The smallest absolute Gasteiger partial charge is 0.298 e. The van der Waals surface area contributed by atoms with Crippen molar-refractivity contribution in [2.24, 2.45) is 0 Å². The van der Waals surface area contributed by atoms with Crippen LogP contribution in [0.4, 0.5) is 0 Å². The normalized spacial score (nSPS) is 11.8. The molecule has 2 N–H and O–H groups in total. The SMILES string of the molecule is COc1ccc(C(C)(C)c2ccc(Oc3ccc(C(=O)c4ccc(C)c(SOOO)c4)cc3S(=O)(=O)O)cc2)cc1. The van der Waals surface area contributed by atoms with Gasteiger partial charge in [-0.3, -0.25) is 9.35 Å². The van der Waals surface area contributed by atoms with Crippen LogP contribution >= 0.6 is 12.0 Å². The third-order valence-electron chi connectivity index (χ3n) is 6.70. The number of carbonyl (C=O) groups excluding carboxylic acids is 1. The lowest BCUT2D eigenvalue weighted by Crippen LogP contribution is -2.18. The largest absolute Gasteiger partial charge is 0.497 e. The van der Waals surface area contributed by atoms with Crippen LogP contribution in [0.1, 0.15) is 46.5 Å². The zero-order valence-corrected chi connectivity index (χ0v) is 24.3. The molecule has 4 aromatic rings. The Bertz CT molecular complexity index is 1650. The van der Waals surface area contributed by atoms with E-state index >= 15 is 0 Å². The maximum absolute atomic E-state index is 13.2. The average Bonchev–Trinajstić information content (AvgIpc) is 2.96. The number of ether oxygens (including phenoxy) is 2. The molecule has 0 heterocycles. The van der Waals surface area contributed by atoms with Gasteiger partial charge >= 0.3 is 0 Å². The molecule has 0 saturated carbocycles. The van der Waals surface area contributed by atoms with E-state index in [1.165, 1.54) is 18.2 Å². The van der Waals surface area contributed by atoms with Crippen LogP contribution in [0.2, 0.25) is 0 Å². The van der Waals surface area contributed by atoms with Crippen molar-refractivity contribution in [2.45, 2.75) is 36.0 Å². The summed E-state index contributed by atoms with van der Waals surface area (Å²) in [6.45, 7) is 5.94.